The molecule has 0 N–H and O–H groups in total. The van der Waals surface area contributed by atoms with Gasteiger partial charge in [-0.15, -0.1) is 0 Å². The van der Waals surface area contributed by atoms with E-state index in [1.165, 1.54) is 171 Å². The Balaban J connectivity index is 0.00000308. The van der Waals surface area contributed by atoms with Crippen LogP contribution in [-0.2, 0) is 20.4 Å². The molecule has 404 valence electrons. The largest absolute Gasteiger partial charge is 1.00 e. The number of hydrogen-bond acceptors (Lipinski definition) is 0. The van der Waals surface area contributed by atoms with Gasteiger partial charge >= 0.3 is 478 Å². The van der Waals surface area contributed by atoms with Gasteiger partial charge in [0.25, 0.3) is 0 Å². The van der Waals surface area contributed by atoms with Gasteiger partial charge in [-0.05, 0) is 0 Å². The maximum Gasteiger partial charge on any atom is -1.00 e. The summed E-state index contributed by atoms with van der Waals surface area (Å²) in [4.78, 5) is 0. The van der Waals surface area contributed by atoms with Crippen LogP contribution in [0.3, 0.4) is 0 Å². The molecule has 0 aromatic heterocycles. The van der Waals surface area contributed by atoms with Crippen LogP contribution in [0.2, 0.25) is 3.34 Å². The Hall–Kier alpha value is -5.74. The zero-order valence-corrected chi connectivity index (χ0v) is 54.6. The first kappa shape index (κ1) is 61.9. The van der Waals surface area contributed by atoms with Crippen molar-refractivity contribution in [1.29, 1.82) is 0 Å². The summed E-state index contributed by atoms with van der Waals surface area (Å²) in [6, 6.07) is 66.1. The van der Waals surface area contributed by atoms with Crippen LogP contribution in [0.25, 0.3) is 66.8 Å². The monoisotopic (exact) mass is 1160 g/mol. The Morgan fingerprint density at radius 2 is 0.350 bits per heavy atom. The molecule has 0 heterocycles. The third kappa shape index (κ3) is 11.7. The van der Waals surface area contributed by atoms with E-state index >= 15 is 0 Å². The second-order valence-electron chi connectivity index (χ2n) is 23.7. The minimum atomic E-state index is -3.59. The molecule has 0 nitrogen and oxygen atoms in total. The summed E-state index contributed by atoms with van der Waals surface area (Å²) in [6.45, 7) is 36.7. The Morgan fingerprint density at radius 3 is 0.500 bits per heavy atom. The maximum atomic E-state index is 2.66. The standard InChI is InChI=1S/C75H75Si.3ClH.Ti/c1-44-17-45(2)24-60(23-44)66-35-67(61-25-46(3)18-47(4)26-61)39-72(38-66)76(75-58(15)56(13)57(14)59(75)16,73-40-68(62-27-48(5)19-49(6)28-62)36-69(41-73)63-29-50(7)20-51(8)30-63)74-42-70(64-31-52(9)21-53(10)32-64)37-71(43-74)65-33-54(11)22-55(12)34-65;;;;/h17-43H,1-16H3;3*1H;/q;;;;+3/p-3. The molecule has 80 heavy (non-hydrogen) atoms. The van der Waals surface area contributed by atoms with Gasteiger partial charge < -0.3 is 37.2 Å². The second kappa shape index (κ2) is 24.0. The predicted octanol–water partition coefficient (Wildman–Crippen LogP) is 9.80. The van der Waals surface area contributed by atoms with Crippen molar-refractivity contribution in [3.63, 3.8) is 0 Å². The van der Waals surface area contributed by atoms with Gasteiger partial charge in [0.15, 0.2) is 0 Å². The summed E-state index contributed by atoms with van der Waals surface area (Å²) in [5.74, 6) is 0. The van der Waals surface area contributed by atoms with Crippen LogP contribution in [0.15, 0.2) is 186 Å². The Kier molecular flexibility index (Phi) is 18.6. The average molecular weight is 1160 g/mol. The van der Waals surface area contributed by atoms with Crippen LogP contribution >= 0.6 is 0 Å². The number of halogens is 3. The Labute approximate surface area is 511 Å². The van der Waals surface area contributed by atoms with Crippen LogP contribution < -0.4 is 52.8 Å². The van der Waals surface area contributed by atoms with Crippen LogP contribution in [-0.4, -0.2) is 8.07 Å². The van der Waals surface area contributed by atoms with Gasteiger partial charge in [-0.3, -0.25) is 0 Å². The summed E-state index contributed by atoms with van der Waals surface area (Å²) in [6.07, 6.45) is 0. The molecule has 10 rings (SSSR count). The first-order valence-corrected chi connectivity index (χ1v) is 30.4. The van der Waals surface area contributed by atoms with E-state index in [-0.39, 0.29) is 37.2 Å². The van der Waals surface area contributed by atoms with Crippen molar-refractivity contribution >= 4 is 23.6 Å². The van der Waals surface area contributed by atoms with Gasteiger partial charge in [0.1, 0.15) is 0 Å². The van der Waals surface area contributed by atoms with Gasteiger partial charge in [-0.2, -0.15) is 0 Å². The van der Waals surface area contributed by atoms with Gasteiger partial charge in [0.05, 0.1) is 0 Å². The fourth-order valence-electron chi connectivity index (χ4n) is 13.5. The number of aryl methyl sites for hydroxylation is 12. The quantitative estimate of drug-likeness (QED) is 0.0947. The number of allylic oxidation sites excluding steroid dienone is 4. The molecule has 1 aliphatic rings. The molecule has 0 atom stereocenters. The van der Waals surface area contributed by atoms with Crippen LogP contribution in [0, 0.1) is 83.1 Å². The molecule has 9 aromatic rings. The molecular formula is C75H75Cl3SiTi. The summed E-state index contributed by atoms with van der Waals surface area (Å²) < 4.78 is -0.441. The first-order chi connectivity index (χ1) is 36.5. The molecule has 0 radical (unpaired) electrons. The molecular weight excluding hydrogens is 1080 g/mol. The predicted molar refractivity (Wildman–Crippen MR) is 333 cm³/mol. The molecule has 0 aliphatic heterocycles. The zero-order valence-electron chi connectivity index (χ0n) is 49.7. The average Bonchev–Trinajstić information content (AvgIpc) is 3.50. The SMILES string of the molecule is CC1=C(C)[C]([Ti+3])([Si](c2cc(-c3cc(C)cc(C)c3)cc(-c3cc(C)cc(C)c3)c2)(c2cc(-c3cc(C)cc(C)c3)cc(-c3cc(C)cc(C)c3)c2)c2cc(-c3cc(C)cc(C)c3)cc(-c3cc(C)cc(C)c3)c2)C(C)=C1C.[Cl-].[Cl-].[Cl-]. The summed E-state index contributed by atoms with van der Waals surface area (Å²) in [5.41, 5.74) is 36.0. The molecule has 0 spiro atoms. The Morgan fingerprint density at radius 1 is 0.212 bits per heavy atom. The maximum absolute atomic E-state index is 3.59. The van der Waals surface area contributed by atoms with Crippen LogP contribution in [0.4, 0.5) is 0 Å². The van der Waals surface area contributed by atoms with Crippen molar-refractivity contribution in [2.24, 2.45) is 0 Å². The van der Waals surface area contributed by atoms with Gasteiger partial charge in [-0.25, -0.2) is 0 Å². The number of benzene rings is 9. The van der Waals surface area contributed by atoms with E-state index in [0.717, 1.165) is 0 Å². The summed E-state index contributed by atoms with van der Waals surface area (Å²) >= 11 is 2.66. The smallest absolute Gasteiger partial charge is 1.00 e. The molecule has 5 heteroatoms. The van der Waals surface area contributed by atoms with E-state index in [4.69, 9.17) is 0 Å². The molecule has 0 saturated carbocycles. The number of hydrogen-bond donors (Lipinski definition) is 0. The molecule has 9 aromatic carbocycles. The normalized spacial score (nSPS) is 13.0. The minimum Gasteiger partial charge on any atom is -1.00 e. The van der Waals surface area contributed by atoms with Crippen molar-refractivity contribution in [1.82, 2.24) is 0 Å². The van der Waals surface area contributed by atoms with E-state index in [2.05, 4.69) is 295 Å². The van der Waals surface area contributed by atoms with Crippen molar-refractivity contribution in [2.75, 3.05) is 0 Å². The fraction of sp³-hybridized carbons (Fsp3) is 0.227. The van der Waals surface area contributed by atoms with Crippen molar-refractivity contribution in [3.05, 3.63) is 253 Å². The van der Waals surface area contributed by atoms with Crippen molar-refractivity contribution in [2.45, 2.75) is 114 Å². The van der Waals surface area contributed by atoms with Crippen molar-refractivity contribution in [3.8, 4) is 66.8 Å². The van der Waals surface area contributed by atoms with E-state index in [9.17, 15) is 0 Å². The number of rotatable bonds is 10. The minimum absolute atomic E-state index is 0. The fourth-order valence-corrected chi connectivity index (χ4v) is 22.1. The van der Waals surface area contributed by atoms with Gasteiger partial charge in [0, 0.05) is 0 Å². The molecule has 0 saturated heterocycles. The van der Waals surface area contributed by atoms with E-state index < -0.39 is 11.4 Å². The molecule has 0 amide bonds. The van der Waals surface area contributed by atoms with Crippen molar-refractivity contribution < 1.29 is 57.7 Å². The molecule has 0 unspecified atom stereocenters. The first-order valence-electron chi connectivity index (χ1n) is 27.6. The van der Waals surface area contributed by atoms with E-state index in [1.807, 2.05) is 0 Å². The molecule has 1 aliphatic carbocycles. The topological polar surface area (TPSA) is 0 Å². The summed E-state index contributed by atoms with van der Waals surface area (Å²) in [5, 5.41) is 4.21. The molecule has 0 fully saturated rings. The van der Waals surface area contributed by atoms with Gasteiger partial charge in [-0.1, -0.05) is 0 Å². The third-order valence-corrected chi connectivity index (χ3v) is 25.1. The van der Waals surface area contributed by atoms with Crippen LogP contribution in [0.1, 0.15) is 94.5 Å². The Bertz CT molecular complexity index is 3250. The van der Waals surface area contributed by atoms with Gasteiger partial charge in [0.2, 0.25) is 0 Å². The van der Waals surface area contributed by atoms with Crippen LogP contribution in [0.5, 0.6) is 0 Å². The summed E-state index contributed by atoms with van der Waals surface area (Å²) in [7, 11) is -3.59. The third-order valence-electron chi connectivity index (χ3n) is 16.8. The van der Waals surface area contributed by atoms with E-state index in [0.29, 0.717) is 0 Å². The second-order valence-corrected chi connectivity index (χ2v) is 29.6. The van der Waals surface area contributed by atoms with E-state index in [1.54, 1.807) is 0 Å². The zero-order chi connectivity index (χ0) is 55.0. The molecule has 0 bridgehead atoms.